The summed E-state index contributed by atoms with van der Waals surface area (Å²) < 4.78 is 0. The highest BCUT2D eigenvalue weighted by atomic mass is 16.7. The van der Waals surface area contributed by atoms with Gasteiger partial charge in [-0.15, -0.1) is 5.06 Å². The van der Waals surface area contributed by atoms with E-state index in [1.54, 1.807) is 6.92 Å². The maximum Gasteiger partial charge on any atom is 0.277 e. The molecule has 0 aromatic carbocycles. The van der Waals surface area contributed by atoms with Gasteiger partial charge < -0.3 is 0 Å². The fourth-order valence-corrected chi connectivity index (χ4v) is 0.531. The highest BCUT2D eigenvalue weighted by molar-refractivity contribution is 6.03. The number of imide groups is 1. The first-order valence-corrected chi connectivity index (χ1v) is 3.43. The summed E-state index contributed by atoms with van der Waals surface area (Å²) in [7, 11) is 0. The molecule has 0 saturated heterocycles. The van der Waals surface area contributed by atoms with Crippen molar-refractivity contribution >= 4 is 11.8 Å². The second-order valence-electron chi connectivity index (χ2n) is 1.80. The summed E-state index contributed by atoms with van der Waals surface area (Å²) in [6.45, 7) is 8.35. The molecule has 0 fully saturated rings. The molecular formula is C8H11NO3. The molecule has 0 bridgehead atoms. The highest BCUT2D eigenvalue weighted by Gasteiger charge is 2.16. The lowest BCUT2D eigenvalue weighted by molar-refractivity contribution is -0.186. The fraction of sp³-hybridized carbons (Fsp3) is 0.250. The van der Waals surface area contributed by atoms with E-state index >= 15 is 0 Å². The van der Waals surface area contributed by atoms with Gasteiger partial charge in [0.1, 0.15) is 0 Å². The third-order valence-electron chi connectivity index (χ3n) is 1.01. The third kappa shape index (κ3) is 2.67. The number of hydroxylamine groups is 2. The molecule has 0 atom stereocenters. The van der Waals surface area contributed by atoms with E-state index < -0.39 is 11.8 Å². The van der Waals surface area contributed by atoms with Gasteiger partial charge in [0.15, 0.2) is 0 Å². The molecule has 0 aliphatic rings. The minimum Gasteiger partial charge on any atom is -0.267 e. The second kappa shape index (κ2) is 5.26. The van der Waals surface area contributed by atoms with E-state index in [0.29, 0.717) is 5.06 Å². The van der Waals surface area contributed by atoms with E-state index in [-0.39, 0.29) is 6.61 Å². The Bertz CT molecular complexity index is 190. The Morgan fingerprint density at radius 1 is 1.33 bits per heavy atom. The van der Waals surface area contributed by atoms with Gasteiger partial charge in [0.25, 0.3) is 11.8 Å². The first-order chi connectivity index (χ1) is 5.67. The van der Waals surface area contributed by atoms with Crippen molar-refractivity contribution in [1.29, 1.82) is 0 Å². The van der Waals surface area contributed by atoms with Crippen molar-refractivity contribution in [2.45, 2.75) is 6.92 Å². The lowest BCUT2D eigenvalue weighted by Gasteiger charge is -2.14. The molecule has 0 aromatic rings. The fourth-order valence-electron chi connectivity index (χ4n) is 0.531. The number of nitrogens with zero attached hydrogens (tertiary/aromatic N) is 1. The smallest absolute Gasteiger partial charge is 0.267 e. The van der Waals surface area contributed by atoms with Gasteiger partial charge in [-0.2, -0.15) is 0 Å². The molecule has 0 spiro atoms. The topological polar surface area (TPSA) is 46.6 Å². The highest BCUT2D eigenvalue weighted by Crippen LogP contribution is 1.94. The molecule has 0 aliphatic carbocycles. The zero-order chi connectivity index (χ0) is 9.56. The van der Waals surface area contributed by atoms with Crippen LogP contribution in [-0.2, 0) is 14.4 Å². The molecule has 0 N–H and O–H groups in total. The monoisotopic (exact) mass is 169 g/mol. The summed E-state index contributed by atoms with van der Waals surface area (Å²) in [5.41, 5.74) is 0. The molecule has 66 valence electrons. The van der Waals surface area contributed by atoms with Crippen LogP contribution < -0.4 is 0 Å². The standard InChI is InChI=1S/C8H11NO3/c1-4-7(10)9(12-6-3)8(11)5-2/h4-5H,1-2,6H2,3H3. The van der Waals surface area contributed by atoms with Crippen molar-refractivity contribution in [3.63, 3.8) is 0 Å². The molecular weight excluding hydrogens is 158 g/mol. The van der Waals surface area contributed by atoms with Gasteiger partial charge >= 0.3 is 0 Å². The van der Waals surface area contributed by atoms with Crippen LogP contribution in [0.2, 0.25) is 0 Å². The Kier molecular flexibility index (Phi) is 4.64. The maximum absolute atomic E-state index is 10.9. The van der Waals surface area contributed by atoms with E-state index in [1.807, 2.05) is 0 Å². The molecule has 0 saturated carbocycles. The van der Waals surface area contributed by atoms with Crippen molar-refractivity contribution < 1.29 is 14.4 Å². The summed E-state index contributed by atoms with van der Waals surface area (Å²) in [6.07, 6.45) is 1.99. The summed E-state index contributed by atoms with van der Waals surface area (Å²) >= 11 is 0. The average Bonchev–Trinajstić information content (AvgIpc) is 2.11. The molecule has 0 radical (unpaired) electrons. The van der Waals surface area contributed by atoms with Crippen LogP contribution in [0.5, 0.6) is 0 Å². The summed E-state index contributed by atoms with van der Waals surface area (Å²) in [5.74, 6) is -1.19. The number of carbonyl (C=O) groups excluding carboxylic acids is 2. The number of hydrogen-bond donors (Lipinski definition) is 0. The maximum atomic E-state index is 10.9. The van der Waals surface area contributed by atoms with Gasteiger partial charge in [0, 0.05) is 0 Å². The Balaban J connectivity index is 4.41. The Labute approximate surface area is 71.1 Å². The van der Waals surface area contributed by atoms with E-state index in [1.165, 1.54) is 0 Å². The molecule has 0 heterocycles. The van der Waals surface area contributed by atoms with Crippen LogP contribution in [0.25, 0.3) is 0 Å². The molecule has 12 heavy (non-hydrogen) atoms. The van der Waals surface area contributed by atoms with E-state index in [4.69, 9.17) is 4.84 Å². The van der Waals surface area contributed by atoms with Crippen LogP contribution in [0, 0.1) is 0 Å². The van der Waals surface area contributed by atoms with Crippen molar-refractivity contribution in [2.24, 2.45) is 0 Å². The normalized spacial score (nSPS) is 8.75. The Morgan fingerprint density at radius 2 is 1.75 bits per heavy atom. The largest absolute Gasteiger partial charge is 0.277 e. The molecule has 0 aromatic heterocycles. The molecule has 0 aliphatic heterocycles. The Hall–Kier alpha value is -1.42. The van der Waals surface area contributed by atoms with Crippen LogP contribution in [-0.4, -0.2) is 23.5 Å². The summed E-state index contributed by atoms with van der Waals surface area (Å²) in [4.78, 5) is 26.6. The number of hydrogen-bond acceptors (Lipinski definition) is 3. The molecule has 4 nitrogen and oxygen atoms in total. The Morgan fingerprint density at radius 3 is 2.00 bits per heavy atom. The summed E-state index contributed by atoms with van der Waals surface area (Å²) in [5, 5.41) is 0.611. The van der Waals surface area contributed by atoms with Gasteiger partial charge in [-0.05, 0) is 19.1 Å². The van der Waals surface area contributed by atoms with Crippen LogP contribution in [0.4, 0.5) is 0 Å². The van der Waals surface area contributed by atoms with Crippen molar-refractivity contribution in [2.75, 3.05) is 6.61 Å². The first-order valence-electron chi connectivity index (χ1n) is 3.43. The number of rotatable bonds is 4. The first kappa shape index (κ1) is 10.6. The van der Waals surface area contributed by atoms with Crippen molar-refractivity contribution in [3.8, 4) is 0 Å². The zero-order valence-corrected chi connectivity index (χ0v) is 6.95. The second-order valence-corrected chi connectivity index (χ2v) is 1.80. The third-order valence-corrected chi connectivity index (χ3v) is 1.01. The van der Waals surface area contributed by atoms with Gasteiger partial charge in [-0.1, -0.05) is 13.2 Å². The average molecular weight is 169 g/mol. The van der Waals surface area contributed by atoms with Crippen molar-refractivity contribution in [1.82, 2.24) is 5.06 Å². The summed E-state index contributed by atoms with van der Waals surface area (Å²) in [6, 6.07) is 0. The predicted molar refractivity (Wildman–Crippen MR) is 43.9 cm³/mol. The van der Waals surface area contributed by atoms with Crippen LogP contribution >= 0.6 is 0 Å². The van der Waals surface area contributed by atoms with E-state index in [2.05, 4.69) is 13.2 Å². The van der Waals surface area contributed by atoms with Gasteiger partial charge in [0.2, 0.25) is 0 Å². The minimum absolute atomic E-state index is 0.235. The van der Waals surface area contributed by atoms with Crippen LogP contribution in [0.15, 0.2) is 25.3 Å². The van der Waals surface area contributed by atoms with Crippen LogP contribution in [0.3, 0.4) is 0 Å². The molecule has 4 heteroatoms. The number of amides is 2. The quantitative estimate of drug-likeness (QED) is 0.459. The molecule has 0 rings (SSSR count). The van der Waals surface area contributed by atoms with Gasteiger partial charge in [-0.25, -0.2) is 0 Å². The molecule has 2 amide bonds. The van der Waals surface area contributed by atoms with Crippen LogP contribution in [0.1, 0.15) is 6.92 Å². The zero-order valence-electron chi connectivity index (χ0n) is 6.95. The lowest BCUT2D eigenvalue weighted by Crippen LogP contribution is -2.34. The van der Waals surface area contributed by atoms with E-state index in [0.717, 1.165) is 12.2 Å². The minimum atomic E-state index is -0.596. The van der Waals surface area contributed by atoms with E-state index in [9.17, 15) is 9.59 Å². The lowest BCUT2D eigenvalue weighted by atomic mass is 10.5. The molecule has 0 unspecified atom stereocenters. The number of carbonyl (C=O) groups is 2. The van der Waals surface area contributed by atoms with Crippen molar-refractivity contribution in [3.05, 3.63) is 25.3 Å². The van der Waals surface area contributed by atoms with Gasteiger partial charge in [-0.3, -0.25) is 14.4 Å². The predicted octanol–water partition coefficient (Wildman–Crippen LogP) is 0.665. The van der Waals surface area contributed by atoms with Gasteiger partial charge in [0.05, 0.1) is 6.61 Å². The SMILES string of the molecule is C=CC(=O)N(OCC)C(=O)C=C.